The van der Waals surface area contributed by atoms with Gasteiger partial charge in [-0.25, -0.2) is 9.67 Å². The van der Waals surface area contributed by atoms with Crippen molar-refractivity contribution in [1.82, 2.24) is 29.9 Å². The first kappa shape index (κ1) is 17.3. The van der Waals surface area contributed by atoms with Crippen molar-refractivity contribution < 1.29 is 9.53 Å². The third-order valence-corrected chi connectivity index (χ3v) is 4.87. The van der Waals surface area contributed by atoms with Crippen LogP contribution >= 0.6 is 0 Å². The van der Waals surface area contributed by atoms with E-state index in [1.807, 2.05) is 35.1 Å². The van der Waals surface area contributed by atoms with Crippen LogP contribution < -0.4 is 10.1 Å². The Hall–Kier alpha value is -3.16. The molecule has 0 saturated heterocycles. The Morgan fingerprint density at radius 2 is 2.15 bits per heavy atom. The monoisotopic (exact) mass is 366 g/mol. The standard InChI is InChI=1S/C19H22N6O2/c1-27-15-7-5-14(6-8-15)25-18-4-2-3-17(16(18)11-21-25)23-19(26)9-10-24-13-20-12-22-24/h5-8,11-13,17H,2-4,9-10H2,1H3,(H,23,26)/t17-/m1/s1. The summed E-state index contributed by atoms with van der Waals surface area (Å²) in [6.07, 6.45) is 8.23. The summed E-state index contributed by atoms with van der Waals surface area (Å²) >= 11 is 0. The van der Waals surface area contributed by atoms with Gasteiger partial charge in [0.05, 0.1) is 31.6 Å². The van der Waals surface area contributed by atoms with Crippen molar-refractivity contribution in [3.8, 4) is 11.4 Å². The number of hydrogen-bond acceptors (Lipinski definition) is 5. The van der Waals surface area contributed by atoms with Crippen LogP contribution in [0.2, 0.25) is 0 Å². The lowest BCUT2D eigenvalue weighted by Crippen LogP contribution is -2.31. The van der Waals surface area contributed by atoms with Crippen LogP contribution in [0.3, 0.4) is 0 Å². The molecule has 0 saturated carbocycles. The molecule has 0 unspecified atom stereocenters. The lowest BCUT2D eigenvalue weighted by atomic mass is 9.92. The molecule has 1 N–H and O–H groups in total. The summed E-state index contributed by atoms with van der Waals surface area (Å²) in [4.78, 5) is 16.2. The zero-order chi connectivity index (χ0) is 18.6. The van der Waals surface area contributed by atoms with E-state index in [9.17, 15) is 4.79 Å². The van der Waals surface area contributed by atoms with Crippen molar-refractivity contribution in [1.29, 1.82) is 0 Å². The van der Waals surface area contributed by atoms with Gasteiger partial charge in [-0.05, 0) is 43.5 Å². The number of hydrogen-bond donors (Lipinski definition) is 1. The van der Waals surface area contributed by atoms with Gasteiger partial charge in [-0.3, -0.25) is 9.48 Å². The van der Waals surface area contributed by atoms with Gasteiger partial charge in [-0.2, -0.15) is 10.2 Å². The minimum Gasteiger partial charge on any atom is -0.497 e. The van der Waals surface area contributed by atoms with Crippen molar-refractivity contribution in [2.45, 2.75) is 38.3 Å². The molecule has 1 atom stereocenters. The fourth-order valence-electron chi connectivity index (χ4n) is 3.48. The summed E-state index contributed by atoms with van der Waals surface area (Å²) in [7, 11) is 1.65. The highest BCUT2D eigenvalue weighted by atomic mass is 16.5. The third kappa shape index (κ3) is 3.69. The maximum Gasteiger partial charge on any atom is 0.222 e. The average molecular weight is 366 g/mol. The van der Waals surface area contributed by atoms with E-state index in [1.54, 1.807) is 18.1 Å². The second kappa shape index (κ2) is 7.61. The van der Waals surface area contributed by atoms with E-state index in [2.05, 4.69) is 20.5 Å². The first-order valence-corrected chi connectivity index (χ1v) is 9.07. The smallest absolute Gasteiger partial charge is 0.222 e. The van der Waals surface area contributed by atoms with Gasteiger partial charge in [0.15, 0.2) is 0 Å². The van der Waals surface area contributed by atoms with Crippen molar-refractivity contribution in [2.24, 2.45) is 0 Å². The van der Waals surface area contributed by atoms with Crippen molar-refractivity contribution in [3.05, 3.63) is 54.4 Å². The van der Waals surface area contributed by atoms with Crippen LogP contribution in [-0.2, 0) is 17.8 Å². The van der Waals surface area contributed by atoms with Crippen LogP contribution in [0, 0.1) is 0 Å². The summed E-state index contributed by atoms with van der Waals surface area (Å²) < 4.78 is 8.84. The highest BCUT2D eigenvalue weighted by Crippen LogP contribution is 2.31. The summed E-state index contributed by atoms with van der Waals surface area (Å²) in [5.41, 5.74) is 3.26. The fourth-order valence-corrected chi connectivity index (χ4v) is 3.48. The SMILES string of the molecule is COc1ccc(-n2ncc3c2CCC[C@H]3NC(=O)CCn2cncn2)cc1. The van der Waals surface area contributed by atoms with Gasteiger partial charge in [0.2, 0.25) is 5.91 Å². The third-order valence-electron chi connectivity index (χ3n) is 4.87. The molecule has 0 spiro atoms. The number of amides is 1. The second-order valence-corrected chi connectivity index (χ2v) is 6.58. The molecule has 0 bridgehead atoms. The molecule has 8 nitrogen and oxygen atoms in total. The molecule has 1 amide bonds. The predicted octanol–water partition coefficient (Wildman–Crippen LogP) is 2.06. The summed E-state index contributed by atoms with van der Waals surface area (Å²) in [6.45, 7) is 0.524. The van der Waals surface area contributed by atoms with Gasteiger partial charge < -0.3 is 10.1 Å². The highest BCUT2D eigenvalue weighted by Gasteiger charge is 2.26. The van der Waals surface area contributed by atoms with Crippen LogP contribution in [0.15, 0.2) is 43.1 Å². The van der Waals surface area contributed by atoms with E-state index in [0.29, 0.717) is 13.0 Å². The average Bonchev–Trinajstić information content (AvgIpc) is 3.37. The molecular formula is C19H22N6O2. The minimum atomic E-state index is 0.00370. The molecule has 140 valence electrons. The van der Waals surface area contributed by atoms with Gasteiger partial charge in [0.1, 0.15) is 18.4 Å². The maximum absolute atomic E-state index is 12.3. The molecule has 0 fully saturated rings. The van der Waals surface area contributed by atoms with E-state index in [0.717, 1.165) is 42.0 Å². The Kier molecular flexibility index (Phi) is 4.86. The molecule has 4 rings (SSSR count). The Morgan fingerprint density at radius 1 is 1.30 bits per heavy atom. The second-order valence-electron chi connectivity index (χ2n) is 6.58. The minimum absolute atomic E-state index is 0.00370. The lowest BCUT2D eigenvalue weighted by Gasteiger charge is -2.24. The number of fused-ring (bicyclic) bond motifs is 1. The van der Waals surface area contributed by atoms with E-state index in [-0.39, 0.29) is 11.9 Å². The molecule has 1 aliphatic carbocycles. The van der Waals surface area contributed by atoms with E-state index in [4.69, 9.17) is 4.74 Å². The Labute approximate surface area is 157 Å². The Bertz CT molecular complexity index is 901. The number of aromatic nitrogens is 5. The molecule has 1 aliphatic rings. The van der Waals surface area contributed by atoms with Gasteiger partial charge in [0, 0.05) is 17.7 Å². The number of nitrogens with zero attached hydrogens (tertiary/aromatic N) is 5. The first-order valence-electron chi connectivity index (χ1n) is 9.07. The number of aryl methyl sites for hydroxylation is 1. The number of nitrogens with one attached hydrogen (secondary N) is 1. The number of rotatable bonds is 6. The fraction of sp³-hybridized carbons (Fsp3) is 0.368. The lowest BCUT2D eigenvalue weighted by molar-refractivity contribution is -0.122. The largest absolute Gasteiger partial charge is 0.497 e. The number of carbonyl (C=O) groups is 1. The van der Waals surface area contributed by atoms with Crippen molar-refractivity contribution in [3.63, 3.8) is 0 Å². The molecular weight excluding hydrogens is 344 g/mol. The van der Waals surface area contributed by atoms with Crippen molar-refractivity contribution in [2.75, 3.05) is 7.11 Å². The molecule has 1 aromatic carbocycles. The number of ether oxygens (including phenoxy) is 1. The van der Waals surface area contributed by atoms with Gasteiger partial charge in [-0.1, -0.05) is 0 Å². The van der Waals surface area contributed by atoms with Crippen LogP contribution in [0.4, 0.5) is 0 Å². The molecule has 27 heavy (non-hydrogen) atoms. The summed E-state index contributed by atoms with van der Waals surface area (Å²) in [5.74, 6) is 0.831. The normalized spacial score (nSPS) is 16.0. The zero-order valence-corrected chi connectivity index (χ0v) is 15.2. The zero-order valence-electron chi connectivity index (χ0n) is 15.2. The van der Waals surface area contributed by atoms with E-state index in [1.165, 1.54) is 6.33 Å². The molecule has 2 aromatic heterocycles. The molecule has 2 heterocycles. The van der Waals surface area contributed by atoms with Crippen LogP contribution in [-0.4, -0.2) is 37.6 Å². The molecule has 0 radical (unpaired) electrons. The maximum atomic E-state index is 12.3. The Balaban J connectivity index is 1.47. The molecule has 0 aliphatic heterocycles. The predicted molar refractivity (Wildman–Crippen MR) is 98.6 cm³/mol. The quantitative estimate of drug-likeness (QED) is 0.722. The number of carbonyl (C=O) groups excluding carboxylic acids is 1. The van der Waals surface area contributed by atoms with Gasteiger partial charge in [-0.15, -0.1) is 0 Å². The molecule has 8 heteroatoms. The van der Waals surface area contributed by atoms with Gasteiger partial charge in [0.25, 0.3) is 0 Å². The number of benzene rings is 1. The molecule has 3 aromatic rings. The van der Waals surface area contributed by atoms with Crippen LogP contribution in [0.25, 0.3) is 5.69 Å². The van der Waals surface area contributed by atoms with Crippen molar-refractivity contribution >= 4 is 5.91 Å². The Morgan fingerprint density at radius 3 is 2.89 bits per heavy atom. The van der Waals surface area contributed by atoms with E-state index >= 15 is 0 Å². The van der Waals surface area contributed by atoms with Crippen LogP contribution in [0.5, 0.6) is 5.75 Å². The summed E-state index contributed by atoms with van der Waals surface area (Å²) in [6, 6.07) is 7.84. The van der Waals surface area contributed by atoms with E-state index < -0.39 is 0 Å². The summed E-state index contributed by atoms with van der Waals surface area (Å²) in [5, 5.41) is 11.7. The van der Waals surface area contributed by atoms with Crippen LogP contribution in [0.1, 0.15) is 36.6 Å². The topological polar surface area (TPSA) is 86.9 Å². The number of methoxy groups -OCH3 is 1. The first-order chi connectivity index (χ1) is 13.2. The van der Waals surface area contributed by atoms with Gasteiger partial charge >= 0.3 is 0 Å². The highest BCUT2D eigenvalue weighted by molar-refractivity contribution is 5.76.